The van der Waals surface area contributed by atoms with Gasteiger partial charge in [-0.15, -0.1) is 0 Å². The van der Waals surface area contributed by atoms with E-state index < -0.39 is 4.92 Å². The Morgan fingerprint density at radius 3 is 2.62 bits per heavy atom. The second-order valence-corrected chi connectivity index (χ2v) is 6.73. The number of hydrogen-bond donors (Lipinski definition) is 1. The highest BCUT2D eigenvalue weighted by atomic mass is 16.6. The minimum absolute atomic E-state index is 0.0509. The molecule has 3 aromatic rings. The topological polar surface area (TPSA) is 79.2 Å². The van der Waals surface area contributed by atoms with Crippen molar-refractivity contribution in [3.63, 3.8) is 0 Å². The zero-order valence-corrected chi connectivity index (χ0v) is 14.4. The van der Waals surface area contributed by atoms with Gasteiger partial charge in [0.15, 0.2) is 0 Å². The van der Waals surface area contributed by atoms with Crippen molar-refractivity contribution in [2.45, 2.75) is 25.8 Å². The Bertz CT molecular complexity index is 991. The molecular formula is C20H19N3O3. The van der Waals surface area contributed by atoms with Gasteiger partial charge in [-0.25, -0.2) is 0 Å². The first-order valence-electron chi connectivity index (χ1n) is 8.66. The highest BCUT2D eigenvalue weighted by molar-refractivity contribution is 5.86. The molecule has 1 atom stereocenters. The second-order valence-electron chi connectivity index (χ2n) is 6.73. The van der Waals surface area contributed by atoms with E-state index in [4.69, 9.17) is 0 Å². The lowest BCUT2D eigenvalue weighted by molar-refractivity contribution is -0.384. The van der Waals surface area contributed by atoms with Crippen LogP contribution < -0.4 is 0 Å². The molecule has 0 radical (unpaired) electrons. The van der Waals surface area contributed by atoms with Crippen LogP contribution in [0.4, 0.5) is 5.69 Å². The van der Waals surface area contributed by atoms with Gasteiger partial charge in [0, 0.05) is 47.8 Å². The van der Waals surface area contributed by atoms with Crippen molar-refractivity contribution in [1.82, 2.24) is 9.88 Å². The lowest BCUT2D eigenvalue weighted by Crippen LogP contribution is -2.30. The number of amides is 1. The summed E-state index contributed by atoms with van der Waals surface area (Å²) >= 11 is 0. The minimum atomic E-state index is -0.408. The van der Waals surface area contributed by atoms with Gasteiger partial charge in [-0.2, -0.15) is 0 Å². The van der Waals surface area contributed by atoms with Crippen LogP contribution in [0.2, 0.25) is 0 Å². The normalized spacial score (nSPS) is 15.6. The molecule has 1 N–H and O–H groups in total. The fraction of sp³-hybridized carbons (Fsp3) is 0.250. The van der Waals surface area contributed by atoms with Crippen LogP contribution in [0.15, 0.2) is 48.7 Å². The summed E-state index contributed by atoms with van der Waals surface area (Å²) in [6, 6.07) is 12.5. The second kappa shape index (κ2) is 6.29. The van der Waals surface area contributed by atoms with Crippen LogP contribution in [-0.2, 0) is 4.79 Å². The maximum atomic E-state index is 12.5. The zero-order valence-electron chi connectivity index (χ0n) is 14.4. The number of rotatable bonds is 4. The number of carbonyl (C=O) groups is 1. The van der Waals surface area contributed by atoms with E-state index in [1.807, 2.05) is 30.2 Å². The molecule has 6 nitrogen and oxygen atoms in total. The molecule has 1 fully saturated rings. The molecule has 1 amide bonds. The molecule has 1 aromatic heterocycles. The van der Waals surface area contributed by atoms with Crippen LogP contribution in [0.25, 0.3) is 10.9 Å². The van der Waals surface area contributed by atoms with E-state index >= 15 is 0 Å². The summed E-state index contributed by atoms with van der Waals surface area (Å²) < 4.78 is 0. The predicted molar refractivity (Wildman–Crippen MR) is 98.9 cm³/mol. The van der Waals surface area contributed by atoms with Gasteiger partial charge in [-0.3, -0.25) is 14.9 Å². The molecule has 0 spiro atoms. The third-order valence-electron chi connectivity index (χ3n) is 5.01. The summed E-state index contributed by atoms with van der Waals surface area (Å²) in [5.74, 6) is 0.121. The third-order valence-corrected chi connectivity index (χ3v) is 5.01. The monoisotopic (exact) mass is 349 g/mol. The average molecular weight is 349 g/mol. The molecule has 1 aliphatic heterocycles. The molecule has 1 aliphatic rings. The quantitative estimate of drug-likeness (QED) is 0.569. The highest BCUT2D eigenvalue weighted by Crippen LogP contribution is 2.37. The summed E-state index contributed by atoms with van der Waals surface area (Å²) in [5.41, 5.74) is 4.12. The number of nitrogens with zero attached hydrogens (tertiary/aromatic N) is 2. The van der Waals surface area contributed by atoms with E-state index in [1.165, 1.54) is 12.1 Å². The van der Waals surface area contributed by atoms with E-state index in [-0.39, 0.29) is 17.6 Å². The Morgan fingerprint density at radius 2 is 1.96 bits per heavy atom. The number of hydrogen-bond acceptors (Lipinski definition) is 3. The Morgan fingerprint density at radius 1 is 1.19 bits per heavy atom. The number of likely N-dealkylation sites (tertiary alicyclic amines) is 1. The number of aromatic nitrogens is 1. The molecule has 0 saturated carbocycles. The summed E-state index contributed by atoms with van der Waals surface area (Å²) in [6.07, 6.45) is 3.33. The third kappa shape index (κ3) is 2.73. The van der Waals surface area contributed by atoms with Crippen molar-refractivity contribution < 1.29 is 9.72 Å². The van der Waals surface area contributed by atoms with Gasteiger partial charge in [0.25, 0.3) is 5.69 Å². The van der Waals surface area contributed by atoms with E-state index in [0.717, 1.165) is 34.0 Å². The summed E-state index contributed by atoms with van der Waals surface area (Å²) in [5, 5.41) is 12.0. The smallest absolute Gasteiger partial charge is 0.269 e. The number of H-pyrrole nitrogens is 1. The van der Waals surface area contributed by atoms with Crippen molar-refractivity contribution in [3.8, 4) is 0 Å². The molecular weight excluding hydrogens is 330 g/mol. The van der Waals surface area contributed by atoms with Gasteiger partial charge >= 0.3 is 0 Å². The first kappa shape index (κ1) is 16.3. The van der Waals surface area contributed by atoms with Crippen LogP contribution in [-0.4, -0.2) is 27.3 Å². The van der Waals surface area contributed by atoms with Crippen LogP contribution in [0, 0.1) is 17.0 Å². The molecule has 1 saturated heterocycles. The van der Waals surface area contributed by atoms with Crippen LogP contribution >= 0.6 is 0 Å². The van der Waals surface area contributed by atoms with Crippen LogP contribution in [0.5, 0.6) is 0 Å². The van der Waals surface area contributed by atoms with Gasteiger partial charge in [0.05, 0.1) is 11.0 Å². The maximum Gasteiger partial charge on any atom is 0.269 e. The Hall–Kier alpha value is -3.15. The molecule has 0 aliphatic carbocycles. The van der Waals surface area contributed by atoms with Gasteiger partial charge in [0.1, 0.15) is 0 Å². The molecule has 2 heterocycles. The summed E-state index contributed by atoms with van der Waals surface area (Å²) in [6.45, 7) is 2.73. The summed E-state index contributed by atoms with van der Waals surface area (Å²) in [4.78, 5) is 28.2. The van der Waals surface area contributed by atoms with Crippen LogP contribution in [0.3, 0.4) is 0 Å². The predicted octanol–water partition coefficient (Wildman–Crippen LogP) is 4.10. The molecule has 1 unspecified atom stereocenters. The number of fused-ring (bicyclic) bond motifs is 1. The Balaban J connectivity index is 1.86. The van der Waals surface area contributed by atoms with Gasteiger partial charge in [0.2, 0.25) is 5.91 Å². The minimum Gasteiger partial charge on any atom is -0.361 e. The van der Waals surface area contributed by atoms with E-state index in [9.17, 15) is 14.9 Å². The standard InChI is InChI=1S/C20H19N3O3/c1-13-4-9-18-16(11-13)17(12-21-18)20(22-10-2-3-19(22)24)14-5-7-15(8-6-14)23(25)26/h4-9,11-12,20-21H,2-3,10H2,1H3. The van der Waals surface area contributed by atoms with Crippen molar-refractivity contribution >= 4 is 22.5 Å². The largest absolute Gasteiger partial charge is 0.361 e. The number of nitro benzene ring substituents is 1. The van der Waals surface area contributed by atoms with Crippen molar-refractivity contribution in [3.05, 3.63) is 75.5 Å². The lowest BCUT2D eigenvalue weighted by atomic mass is 9.96. The number of aromatic amines is 1. The fourth-order valence-corrected chi connectivity index (χ4v) is 3.73. The highest BCUT2D eigenvalue weighted by Gasteiger charge is 2.32. The number of nitrogens with one attached hydrogen (secondary N) is 1. The first-order chi connectivity index (χ1) is 12.5. The van der Waals surface area contributed by atoms with Gasteiger partial charge in [-0.05, 0) is 43.2 Å². The maximum absolute atomic E-state index is 12.5. The van der Waals surface area contributed by atoms with Gasteiger partial charge in [-0.1, -0.05) is 11.6 Å². The molecule has 2 aromatic carbocycles. The molecule has 4 rings (SSSR count). The number of nitro groups is 1. The zero-order chi connectivity index (χ0) is 18.3. The summed E-state index contributed by atoms with van der Waals surface area (Å²) in [7, 11) is 0. The molecule has 132 valence electrons. The lowest BCUT2D eigenvalue weighted by Gasteiger charge is -2.28. The Labute approximate surface area is 150 Å². The molecule has 6 heteroatoms. The van der Waals surface area contributed by atoms with Crippen molar-refractivity contribution in [1.29, 1.82) is 0 Å². The Kier molecular flexibility index (Phi) is 3.95. The number of non-ortho nitro benzene ring substituents is 1. The number of benzene rings is 2. The van der Waals surface area contributed by atoms with E-state index in [0.29, 0.717) is 13.0 Å². The number of aryl methyl sites for hydroxylation is 1. The average Bonchev–Trinajstić information content (AvgIpc) is 3.23. The SMILES string of the molecule is Cc1ccc2[nH]cc(C(c3ccc([N+](=O)[O-])cc3)N3CCCC3=O)c2c1. The van der Waals surface area contributed by atoms with Crippen molar-refractivity contribution in [2.75, 3.05) is 6.54 Å². The number of carbonyl (C=O) groups excluding carboxylic acids is 1. The molecule has 26 heavy (non-hydrogen) atoms. The van der Waals surface area contributed by atoms with E-state index in [1.54, 1.807) is 12.1 Å². The van der Waals surface area contributed by atoms with Crippen molar-refractivity contribution in [2.24, 2.45) is 0 Å². The van der Waals surface area contributed by atoms with Gasteiger partial charge < -0.3 is 9.88 Å². The van der Waals surface area contributed by atoms with Crippen LogP contribution in [0.1, 0.15) is 35.6 Å². The fourth-order valence-electron chi connectivity index (χ4n) is 3.73. The first-order valence-corrected chi connectivity index (χ1v) is 8.66. The van der Waals surface area contributed by atoms with E-state index in [2.05, 4.69) is 11.1 Å². The molecule has 0 bridgehead atoms.